The molecule has 1 saturated heterocycles. The smallest absolute Gasteiger partial charge is 0.240 e. The Morgan fingerprint density at radius 1 is 0.969 bits per heavy atom. The van der Waals surface area contributed by atoms with Gasteiger partial charge in [-0.1, -0.05) is 25.7 Å². The van der Waals surface area contributed by atoms with Crippen molar-refractivity contribution in [3.05, 3.63) is 18.2 Å². The van der Waals surface area contributed by atoms with Gasteiger partial charge in [-0.25, -0.2) is 26.7 Å². The summed E-state index contributed by atoms with van der Waals surface area (Å²) in [4.78, 5) is 1.72. The number of sulfonamides is 2. The Morgan fingerprint density at radius 3 is 2.09 bits per heavy atom. The number of nitrogens with two attached hydrogens (primary N) is 1. The van der Waals surface area contributed by atoms with E-state index in [1.807, 2.05) is 25.7 Å². The number of rotatable bonds is 6. The van der Waals surface area contributed by atoms with Crippen molar-refractivity contribution < 1.29 is 21.6 Å². The first kappa shape index (κ1) is 25.4. The molecule has 0 atom stereocenters. The van der Waals surface area contributed by atoms with Gasteiger partial charge in [-0.05, 0) is 64.7 Å². The van der Waals surface area contributed by atoms with Crippen LogP contribution in [0.2, 0.25) is 0 Å². The third kappa shape index (κ3) is 6.90. The van der Waals surface area contributed by atoms with Crippen LogP contribution < -0.4 is 14.8 Å². The summed E-state index contributed by atoms with van der Waals surface area (Å²) in [5.74, 6) is 0. The highest BCUT2D eigenvalue weighted by Crippen LogP contribution is 2.31. The summed E-state index contributed by atoms with van der Waals surface area (Å²) >= 11 is 0. The van der Waals surface area contributed by atoms with Gasteiger partial charge in [0.1, 0.15) is 4.90 Å². The second-order valence-corrected chi connectivity index (χ2v) is 13.1. The van der Waals surface area contributed by atoms with E-state index < -0.39 is 20.0 Å². The molecule has 0 amide bonds. The van der Waals surface area contributed by atoms with E-state index in [-0.39, 0.29) is 27.5 Å². The van der Waals surface area contributed by atoms with Gasteiger partial charge in [0.05, 0.1) is 22.3 Å². The number of hydrogen-bond donors (Lipinski definition) is 2. The Labute approximate surface area is 193 Å². The fourth-order valence-corrected chi connectivity index (χ4v) is 6.74. The van der Waals surface area contributed by atoms with Crippen molar-refractivity contribution in [3.8, 4) is 0 Å². The molecular formula is C22H37N3O5S2. The average Bonchev–Trinajstić information content (AvgIpc) is 2.94. The highest BCUT2D eigenvalue weighted by Gasteiger charge is 2.29. The molecule has 182 valence electrons. The summed E-state index contributed by atoms with van der Waals surface area (Å²) in [5, 5.41) is 5.50. The van der Waals surface area contributed by atoms with Crippen LogP contribution in [0.3, 0.4) is 0 Å². The SMILES string of the molecule is CC(C)(C)OC1CCN(c2ccc(S(=O)(=O)NC3CCCCCC3)cc2S(N)(=O)=O)CC1. The Kier molecular flexibility index (Phi) is 7.92. The van der Waals surface area contributed by atoms with E-state index in [0.717, 1.165) is 51.4 Å². The Balaban J connectivity index is 1.81. The van der Waals surface area contributed by atoms with Crippen LogP contribution in [0.5, 0.6) is 0 Å². The summed E-state index contributed by atoms with van der Waals surface area (Å²) in [6.45, 7) is 7.26. The number of hydrogen-bond acceptors (Lipinski definition) is 6. The molecule has 1 aromatic carbocycles. The summed E-state index contributed by atoms with van der Waals surface area (Å²) < 4.78 is 59.5. The minimum Gasteiger partial charge on any atom is -0.372 e. The van der Waals surface area contributed by atoms with Crippen molar-refractivity contribution >= 4 is 25.7 Å². The summed E-state index contributed by atoms with van der Waals surface area (Å²) in [6.07, 6.45) is 7.41. The lowest BCUT2D eigenvalue weighted by Gasteiger charge is -2.37. The van der Waals surface area contributed by atoms with Crippen molar-refractivity contribution in [2.24, 2.45) is 5.14 Å². The number of nitrogens with zero attached hydrogens (tertiary/aromatic N) is 1. The van der Waals surface area contributed by atoms with E-state index in [0.29, 0.717) is 18.8 Å². The maximum Gasteiger partial charge on any atom is 0.240 e. The predicted molar refractivity (Wildman–Crippen MR) is 126 cm³/mol. The molecule has 2 fully saturated rings. The van der Waals surface area contributed by atoms with Crippen molar-refractivity contribution in [2.45, 2.75) is 99.7 Å². The second kappa shape index (κ2) is 9.97. The lowest BCUT2D eigenvalue weighted by molar-refractivity contribution is -0.0683. The van der Waals surface area contributed by atoms with E-state index in [1.165, 1.54) is 12.1 Å². The standard InChI is InChI=1S/C22H37N3O5S2/c1-22(2,3)30-18-12-14-25(15-13-18)20-11-10-19(16-21(20)31(23,26)27)32(28,29)24-17-8-6-4-5-7-9-17/h10-11,16-18,24H,4-9,12-15H2,1-3H3,(H2,23,26,27). The number of benzene rings is 1. The first-order valence-electron chi connectivity index (χ1n) is 11.5. The number of piperidine rings is 1. The fourth-order valence-electron chi connectivity index (χ4n) is 4.55. The molecule has 0 spiro atoms. The summed E-state index contributed by atoms with van der Waals surface area (Å²) in [6, 6.07) is 4.11. The van der Waals surface area contributed by atoms with Gasteiger partial charge in [0, 0.05) is 19.1 Å². The number of primary sulfonamides is 1. The highest BCUT2D eigenvalue weighted by molar-refractivity contribution is 7.90. The zero-order chi connectivity index (χ0) is 23.6. The van der Waals surface area contributed by atoms with Crippen LogP contribution in [0.15, 0.2) is 28.0 Å². The van der Waals surface area contributed by atoms with Crippen LogP contribution in [-0.2, 0) is 24.8 Å². The molecule has 0 unspecified atom stereocenters. The molecule has 1 aromatic rings. The van der Waals surface area contributed by atoms with Crippen LogP contribution in [0.25, 0.3) is 0 Å². The van der Waals surface area contributed by atoms with Crippen molar-refractivity contribution in [1.82, 2.24) is 4.72 Å². The zero-order valence-corrected chi connectivity index (χ0v) is 21.0. The average molecular weight is 488 g/mol. The first-order chi connectivity index (χ1) is 14.9. The van der Waals surface area contributed by atoms with E-state index in [4.69, 9.17) is 9.88 Å². The molecule has 10 heteroatoms. The zero-order valence-electron chi connectivity index (χ0n) is 19.3. The molecule has 1 aliphatic carbocycles. The third-order valence-electron chi connectivity index (χ3n) is 6.03. The third-order valence-corrected chi connectivity index (χ3v) is 8.49. The summed E-state index contributed by atoms with van der Waals surface area (Å²) in [7, 11) is -7.96. The van der Waals surface area contributed by atoms with Crippen LogP contribution in [-0.4, -0.2) is 47.7 Å². The quantitative estimate of drug-likeness (QED) is 0.595. The van der Waals surface area contributed by atoms with E-state index in [1.54, 1.807) is 6.07 Å². The Morgan fingerprint density at radius 2 is 1.56 bits per heavy atom. The lowest BCUT2D eigenvalue weighted by Crippen LogP contribution is -2.40. The van der Waals surface area contributed by atoms with Crippen LogP contribution >= 0.6 is 0 Å². The van der Waals surface area contributed by atoms with Crippen LogP contribution in [0.1, 0.15) is 72.1 Å². The molecule has 1 saturated carbocycles. The predicted octanol–water partition coefficient (Wildman–Crippen LogP) is 3.12. The van der Waals surface area contributed by atoms with Crippen LogP contribution in [0.4, 0.5) is 5.69 Å². The van der Waals surface area contributed by atoms with Gasteiger partial charge in [-0.15, -0.1) is 0 Å². The number of ether oxygens (including phenoxy) is 1. The molecule has 3 N–H and O–H groups in total. The van der Waals surface area contributed by atoms with Crippen molar-refractivity contribution in [1.29, 1.82) is 0 Å². The molecule has 1 heterocycles. The molecular weight excluding hydrogens is 450 g/mol. The van der Waals surface area contributed by atoms with Gasteiger partial charge in [-0.2, -0.15) is 0 Å². The second-order valence-electron chi connectivity index (χ2n) is 9.90. The molecule has 3 rings (SSSR count). The van der Waals surface area contributed by atoms with Gasteiger partial charge in [0.15, 0.2) is 0 Å². The van der Waals surface area contributed by atoms with Crippen molar-refractivity contribution in [2.75, 3.05) is 18.0 Å². The maximum absolute atomic E-state index is 13.0. The monoisotopic (exact) mass is 487 g/mol. The Hall–Kier alpha value is -1.20. The molecule has 8 nitrogen and oxygen atoms in total. The minimum atomic E-state index is -4.11. The fraction of sp³-hybridized carbons (Fsp3) is 0.727. The molecule has 1 aliphatic heterocycles. The lowest BCUT2D eigenvalue weighted by atomic mass is 10.1. The molecule has 2 aliphatic rings. The highest BCUT2D eigenvalue weighted by atomic mass is 32.2. The van der Waals surface area contributed by atoms with E-state index in [9.17, 15) is 16.8 Å². The molecule has 32 heavy (non-hydrogen) atoms. The van der Waals surface area contributed by atoms with Crippen molar-refractivity contribution in [3.63, 3.8) is 0 Å². The number of anilines is 1. The summed E-state index contributed by atoms with van der Waals surface area (Å²) in [5.41, 5.74) is 0.203. The van der Waals surface area contributed by atoms with Gasteiger partial charge in [-0.3, -0.25) is 0 Å². The van der Waals surface area contributed by atoms with E-state index in [2.05, 4.69) is 4.72 Å². The number of nitrogens with one attached hydrogen (secondary N) is 1. The van der Waals surface area contributed by atoms with Crippen LogP contribution in [0, 0.1) is 0 Å². The Bertz CT molecular complexity index is 987. The molecule has 0 aromatic heterocycles. The molecule has 0 radical (unpaired) electrons. The normalized spacial score (nSPS) is 20.3. The maximum atomic E-state index is 13.0. The molecule has 0 bridgehead atoms. The van der Waals surface area contributed by atoms with Gasteiger partial charge in [0.2, 0.25) is 20.0 Å². The van der Waals surface area contributed by atoms with Gasteiger partial charge < -0.3 is 9.64 Å². The largest absolute Gasteiger partial charge is 0.372 e. The van der Waals surface area contributed by atoms with Gasteiger partial charge in [0.25, 0.3) is 0 Å². The first-order valence-corrected chi connectivity index (χ1v) is 14.5. The minimum absolute atomic E-state index is 0.0690. The van der Waals surface area contributed by atoms with E-state index >= 15 is 0 Å². The topological polar surface area (TPSA) is 119 Å². The van der Waals surface area contributed by atoms with Gasteiger partial charge >= 0.3 is 0 Å².